The van der Waals surface area contributed by atoms with Gasteiger partial charge in [-0.1, -0.05) is 82.1 Å². The second kappa shape index (κ2) is 10.4. The van der Waals surface area contributed by atoms with Gasteiger partial charge in [-0.15, -0.1) is 0 Å². The van der Waals surface area contributed by atoms with Crippen LogP contribution < -0.4 is 32.9 Å². The van der Waals surface area contributed by atoms with E-state index in [1.54, 1.807) is 0 Å². The molecule has 0 nitrogen and oxygen atoms in total. The number of halogens is 3. The smallest absolute Gasteiger partial charge is 0.116 e. The lowest BCUT2D eigenvalue weighted by molar-refractivity contribution is -0.00000465. The van der Waals surface area contributed by atoms with Crippen LogP contribution in [0, 0.1) is 0 Å². The van der Waals surface area contributed by atoms with Gasteiger partial charge in [-0.05, 0) is 42.5 Å². The molecular formula is C22H20Br2ClP. The molecule has 134 valence electrons. The third-order valence-corrected chi connectivity index (χ3v) is 9.79. The fourth-order valence-electron chi connectivity index (χ4n) is 3.10. The Morgan fingerprint density at radius 1 is 0.731 bits per heavy atom. The predicted molar refractivity (Wildman–Crippen MR) is 118 cm³/mol. The number of alkyl halides is 1. The summed E-state index contributed by atoms with van der Waals surface area (Å²) in [4.78, 5) is 0. The number of benzene rings is 3. The molecule has 0 heterocycles. The molecule has 0 unspecified atom stereocenters. The maximum absolute atomic E-state index is 6.37. The van der Waals surface area contributed by atoms with Crippen molar-refractivity contribution in [2.75, 3.05) is 11.5 Å². The maximum atomic E-state index is 6.37. The van der Waals surface area contributed by atoms with Gasteiger partial charge in [0.15, 0.2) is 0 Å². The summed E-state index contributed by atoms with van der Waals surface area (Å²) >= 11 is 9.83. The lowest BCUT2D eigenvalue weighted by Crippen LogP contribution is -3.00. The second-order valence-corrected chi connectivity index (χ2v) is 10.4. The first-order valence-electron chi connectivity index (χ1n) is 8.23. The number of allylic oxidation sites excluding steroid dienone is 2. The van der Waals surface area contributed by atoms with E-state index in [4.69, 9.17) is 11.6 Å². The van der Waals surface area contributed by atoms with Gasteiger partial charge in [0.1, 0.15) is 23.2 Å². The van der Waals surface area contributed by atoms with E-state index in [1.165, 1.54) is 15.9 Å². The molecule has 0 spiro atoms. The third-order valence-electron chi connectivity index (χ3n) is 4.31. The highest BCUT2D eigenvalue weighted by molar-refractivity contribution is 9.09. The monoisotopic (exact) mass is 508 g/mol. The normalized spacial score (nSPS) is 11.7. The Kier molecular flexibility index (Phi) is 8.57. The van der Waals surface area contributed by atoms with Crippen molar-refractivity contribution >= 4 is 50.7 Å². The molecule has 0 aromatic heterocycles. The van der Waals surface area contributed by atoms with Crippen molar-refractivity contribution < 1.29 is 17.0 Å². The molecule has 0 aliphatic heterocycles. The summed E-state index contributed by atoms with van der Waals surface area (Å²) in [7, 11) is -1.80. The van der Waals surface area contributed by atoms with Gasteiger partial charge in [-0.2, -0.15) is 0 Å². The van der Waals surface area contributed by atoms with Crippen LogP contribution in [-0.4, -0.2) is 11.5 Å². The van der Waals surface area contributed by atoms with Crippen LogP contribution in [0.2, 0.25) is 0 Å². The molecule has 0 bridgehead atoms. The zero-order valence-electron chi connectivity index (χ0n) is 14.2. The van der Waals surface area contributed by atoms with Crippen molar-refractivity contribution in [3.63, 3.8) is 0 Å². The Balaban J connectivity index is 0.00000243. The average molecular weight is 511 g/mol. The predicted octanol–water partition coefficient (Wildman–Crippen LogP) is 2.50. The summed E-state index contributed by atoms with van der Waals surface area (Å²) in [6, 6.07) is 32.5. The van der Waals surface area contributed by atoms with Gasteiger partial charge >= 0.3 is 0 Å². The minimum absolute atomic E-state index is 0. The van der Waals surface area contributed by atoms with E-state index in [2.05, 4.69) is 113 Å². The first-order chi connectivity index (χ1) is 12.3. The van der Waals surface area contributed by atoms with E-state index in [1.807, 2.05) is 0 Å². The van der Waals surface area contributed by atoms with Gasteiger partial charge in [0.2, 0.25) is 0 Å². The topological polar surface area (TPSA) is 0 Å². The van der Waals surface area contributed by atoms with Gasteiger partial charge in [0.05, 0.1) is 6.16 Å². The molecule has 0 aliphatic rings. The first-order valence-corrected chi connectivity index (χ1v) is 11.7. The van der Waals surface area contributed by atoms with Gasteiger partial charge in [-0.25, -0.2) is 0 Å². The molecule has 0 aliphatic carbocycles. The van der Waals surface area contributed by atoms with Crippen LogP contribution in [0.15, 0.2) is 102 Å². The third kappa shape index (κ3) is 4.67. The van der Waals surface area contributed by atoms with Crippen molar-refractivity contribution in [1.82, 2.24) is 0 Å². The lowest BCUT2D eigenvalue weighted by atomic mass is 10.4. The zero-order valence-corrected chi connectivity index (χ0v) is 19.1. The Hall–Kier alpha value is -0.920. The maximum Gasteiger partial charge on any atom is 0.116 e. The van der Waals surface area contributed by atoms with E-state index in [0.29, 0.717) is 5.33 Å². The summed E-state index contributed by atoms with van der Waals surface area (Å²) in [5.74, 6) is 0. The fraction of sp³-hybridized carbons (Fsp3) is 0.0909. The van der Waals surface area contributed by atoms with Gasteiger partial charge < -0.3 is 17.0 Å². The molecular weight excluding hydrogens is 490 g/mol. The van der Waals surface area contributed by atoms with Crippen LogP contribution in [0.4, 0.5) is 0 Å². The fourth-order valence-corrected chi connectivity index (χ4v) is 7.58. The van der Waals surface area contributed by atoms with Crippen LogP contribution in [0.25, 0.3) is 0 Å². The molecule has 4 heteroatoms. The molecule has 3 aromatic carbocycles. The van der Waals surface area contributed by atoms with Crippen LogP contribution in [0.1, 0.15) is 0 Å². The minimum Gasteiger partial charge on any atom is -1.00 e. The van der Waals surface area contributed by atoms with E-state index in [-0.39, 0.29) is 17.0 Å². The van der Waals surface area contributed by atoms with Crippen LogP contribution >= 0.6 is 34.8 Å². The number of rotatable bonds is 6. The summed E-state index contributed by atoms with van der Waals surface area (Å²) in [5, 5.41) is 5.67. The minimum atomic E-state index is -1.80. The molecule has 0 saturated heterocycles. The van der Waals surface area contributed by atoms with E-state index in [9.17, 15) is 0 Å². The Bertz CT molecular complexity index is 724. The van der Waals surface area contributed by atoms with Crippen LogP contribution in [-0.2, 0) is 0 Å². The molecule has 0 radical (unpaired) electrons. The van der Waals surface area contributed by atoms with E-state index in [0.717, 1.165) is 11.2 Å². The Morgan fingerprint density at radius 3 is 1.38 bits per heavy atom. The molecule has 0 atom stereocenters. The van der Waals surface area contributed by atoms with E-state index >= 15 is 0 Å². The standard InChI is InChI=1S/C22H20BrClP.BrH/c23-18-19(24)16-17-25(20-10-4-1-5-11-20,21-12-6-2-7-13-21)22-14-8-3-9-15-22;/h1-16H,17-18H2;1H/q+1;/p-1. The van der Waals surface area contributed by atoms with Gasteiger partial charge in [0, 0.05) is 10.4 Å². The number of hydrogen-bond acceptors (Lipinski definition) is 0. The largest absolute Gasteiger partial charge is 1.00 e. The molecule has 3 rings (SSSR count). The van der Waals surface area contributed by atoms with Crippen molar-refractivity contribution in [3.05, 3.63) is 102 Å². The van der Waals surface area contributed by atoms with Crippen molar-refractivity contribution in [3.8, 4) is 0 Å². The second-order valence-electron chi connectivity index (χ2n) is 5.78. The molecule has 0 N–H and O–H groups in total. The van der Waals surface area contributed by atoms with Crippen molar-refractivity contribution in [2.45, 2.75) is 0 Å². The van der Waals surface area contributed by atoms with Crippen LogP contribution in [0.3, 0.4) is 0 Å². The number of hydrogen-bond donors (Lipinski definition) is 0. The molecule has 0 saturated carbocycles. The summed E-state index contributed by atoms with van der Waals surface area (Å²) in [6.45, 7) is 0. The highest BCUT2D eigenvalue weighted by Crippen LogP contribution is 2.55. The molecule has 3 aromatic rings. The summed E-state index contributed by atoms with van der Waals surface area (Å²) < 4.78 is 0. The summed E-state index contributed by atoms with van der Waals surface area (Å²) in [6.07, 6.45) is 3.09. The highest BCUT2D eigenvalue weighted by atomic mass is 79.9. The Morgan fingerprint density at radius 2 is 1.08 bits per heavy atom. The Labute approximate surface area is 180 Å². The van der Waals surface area contributed by atoms with Crippen molar-refractivity contribution in [1.29, 1.82) is 0 Å². The average Bonchev–Trinajstić information content (AvgIpc) is 2.71. The molecule has 26 heavy (non-hydrogen) atoms. The first kappa shape index (κ1) is 21.4. The highest BCUT2D eigenvalue weighted by Gasteiger charge is 2.44. The lowest BCUT2D eigenvalue weighted by Gasteiger charge is -2.26. The van der Waals surface area contributed by atoms with Crippen molar-refractivity contribution in [2.24, 2.45) is 0 Å². The quantitative estimate of drug-likeness (QED) is 0.353. The molecule has 0 amide bonds. The van der Waals surface area contributed by atoms with E-state index < -0.39 is 7.26 Å². The van der Waals surface area contributed by atoms with Gasteiger partial charge in [0.25, 0.3) is 0 Å². The zero-order chi connectivity index (χ0) is 17.5. The molecule has 0 fully saturated rings. The summed E-state index contributed by atoms with van der Waals surface area (Å²) in [5.41, 5.74) is 0. The van der Waals surface area contributed by atoms with Crippen LogP contribution in [0.5, 0.6) is 0 Å². The van der Waals surface area contributed by atoms with Gasteiger partial charge in [-0.3, -0.25) is 0 Å². The SMILES string of the molecule is ClC(=CC[P+](c1ccccc1)(c1ccccc1)c1ccccc1)CBr.[Br-].